The highest BCUT2D eigenvalue weighted by Gasteiger charge is 2.18. The summed E-state index contributed by atoms with van der Waals surface area (Å²) in [5.74, 6) is 0.367. The standard InChI is InChI=1S/C25H24FN5O/c26-19-11-9-17(10-12-19)23-24(31-14-13-27-16-22(31)30-23)28-21-8-4-5-18(15-21)25(32)29-20-6-2-1-3-7-20/h4-5,8-16,20,28H,1-3,6-7H2,(H,29,32). The number of halogens is 1. The lowest BCUT2D eigenvalue weighted by Gasteiger charge is -2.22. The minimum Gasteiger partial charge on any atom is -0.349 e. The maximum atomic E-state index is 13.5. The minimum atomic E-state index is -0.301. The van der Waals surface area contributed by atoms with Gasteiger partial charge in [0.05, 0.1) is 6.20 Å². The van der Waals surface area contributed by atoms with Gasteiger partial charge in [0.25, 0.3) is 5.91 Å². The Labute approximate surface area is 185 Å². The van der Waals surface area contributed by atoms with Gasteiger partial charge in [-0.15, -0.1) is 0 Å². The van der Waals surface area contributed by atoms with Crippen LogP contribution in [-0.2, 0) is 0 Å². The predicted molar refractivity (Wildman–Crippen MR) is 122 cm³/mol. The molecule has 32 heavy (non-hydrogen) atoms. The van der Waals surface area contributed by atoms with Gasteiger partial charge < -0.3 is 10.6 Å². The van der Waals surface area contributed by atoms with Crippen LogP contribution in [0.5, 0.6) is 0 Å². The molecule has 6 nitrogen and oxygen atoms in total. The summed E-state index contributed by atoms with van der Waals surface area (Å²) in [6, 6.07) is 13.9. The van der Waals surface area contributed by atoms with Crippen molar-refractivity contribution in [2.24, 2.45) is 0 Å². The first kappa shape index (κ1) is 20.2. The number of aromatic nitrogens is 3. The number of anilines is 2. The molecular formula is C25H24FN5O. The van der Waals surface area contributed by atoms with Gasteiger partial charge in [0, 0.05) is 35.2 Å². The largest absolute Gasteiger partial charge is 0.349 e. The van der Waals surface area contributed by atoms with Crippen LogP contribution in [0, 0.1) is 5.82 Å². The number of amides is 1. The van der Waals surface area contributed by atoms with E-state index < -0.39 is 0 Å². The molecule has 0 bridgehead atoms. The number of hydrogen-bond acceptors (Lipinski definition) is 4. The van der Waals surface area contributed by atoms with Crippen LogP contribution < -0.4 is 10.6 Å². The van der Waals surface area contributed by atoms with Crippen LogP contribution in [0.1, 0.15) is 42.5 Å². The Morgan fingerprint density at radius 1 is 1.06 bits per heavy atom. The van der Waals surface area contributed by atoms with Crippen molar-refractivity contribution in [1.29, 1.82) is 0 Å². The number of rotatable bonds is 5. The van der Waals surface area contributed by atoms with Crippen molar-refractivity contribution >= 4 is 23.1 Å². The molecule has 0 spiro atoms. The van der Waals surface area contributed by atoms with E-state index in [0.29, 0.717) is 16.9 Å². The molecule has 1 aliphatic carbocycles. The molecule has 1 fully saturated rings. The molecule has 2 aromatic carbocycles. The van der Waals surface area contributed by atoms with Gasteiger partial charge in [-0.05, 0) is 55.3 Å². The van der Waals surface area contributed by atoms with Crippen molar-refractivity contribution in [2.75, 3.05) is 5.32 Å². The number of nitrogens with zero attached hydrogens (tertiary/aromatic N) is 3. The topological polar surface area (TPSA) is 71.3 Å². The van der Waals surface area contributed by atoms with E-state index in [-0.39, 0.29) is 17.8 Å². The Bertz CT molecular complexity index is 1240. The third-order valence-corrected chi connectivity index (χ3v) is 5.88. The molecular weight excluding hydrogens is 405 g/mol. The highest BCUT2D eigenvalue weighted by molar-refractivity contribution is 5.95. The van der Waals surface area contributed by atoms with Gasteiger partial charge in [0.15, 0.2) is 5.65 Å². The second kappa shape index (κ2) is 8.78. The summed E-state index contributed by atoms with van der Waals surface area (Å²) in [5.41, 5.74) is 3.50. The fourth-order valence-corrected chi connectivity index (χ4v) is 4.23. The first-order valence-electron chi connectivity index (χ1n) is 10.9. The molecule has 2 heterocycles. The average Bonchev–Trinajstić information content (AvgIpc) is 3.19. The van der Waals surface area contributed by atoms with Crippen LogP contribution >= 0.6 is 0 Å². The smallest absolute Gasteiger partial charge is 0.251 e. The lowest BCUT2D eigenvalue weighted by molar-refractivity contribution is 0.0927. The monoisotopic (exact) mass is 429 g/mol. The van der Waals surface area contributed by atoms with Crippen LogP contribution in [0.3, 0.4) is 0 Å². The van der Waals surface area contributed by atoms with E-state index in [9.17, 15) is 9.18 Å². The number of carbonyl (C=O) groups excluding carboxylic acids is 1. The summed E-state index contributed by atoms with van der Waals surface area (Å²) in [5, 5.41) is 6.57. The van der Waals surface area contributed by atoms with Crippen LogP contribution in [0.4, 0.5) is 15.9 Å². The summed E-state index contributed by atoms with van der Waals surface area (Å²) < 4.78 is 15.3. The predicted octanol–water partition coefficient (Wildman–Crippen LogP) is 5.34. The fraction of sp³-hybridized carbons (Fsp3) is 0.240. The third-order valence-electron chi connectivity index (χ3n) is 5.88. The van der Waals surface area contributed by atoms with E-state index in [1.807, 2.05) is 34.9 Å². The SMILES string of the molecule is O=C(NC1CCCCC1)c1cccc(Nc2c(-c3ccc(F)cc3)nc3cnccn23)c1. The second-order valence-corrected chi connectivity index (χ2v) is 8.13. The molecule has 0 unspecified atom stereocenters. The van der Waals surface area contributed by atoms with E-state index in [4.69, 9.17) is 0 Å². The second-order valence-electron chi connectivity index (χ2n) is 8.13. The molecule has 0 aliphatic heterocycles. The highest BCUT2D eigenvalue weighted by atomic mass is 19.1. The van der Waals surface area contributed by atoms with E-state index in [0.717, 1.165) is 29.9 Å². The van der Waals surface area contributed by atoms with Crippen LogP contribution in [0.25, 0.3) is 16.9 Å². The Morgan fingerprint density at radius 3 is 2.69 bits per heavy atom. The van der Waals surface area contributed by atoms with Crippen molar-refractivity contribution in [3.8, 4) is 11.3 Å². The van der Waals surface area contributed by atoms with Gasteiger partial charge in [-0.3, -0.25) is 14.2 Å². The van der Waals surface area contributed by atoms with Crippen LogP contribution in [0.2, 0.25) is 0 Å². The summed E-state index contributed by atoms with van der Waals surface area (Å²) >= 11 is 0. The number of fused-ring (bicyclic) bond motifs is 1. The Balaban J connectivity index is 1.45. The summed E-state index contributed by atoms with van der Waals surface area (Å²) in [6.07, 6.45) is 10.8. The third kappa shape index (κ3) is 4.19. The summed E-state index contributed by atoms with van der Waals surface area (Å²) in [6.45, 7) is 0. The maximum absolute atomic E-state index is 13.5. The van der Waals surface area contributed by atoms with Crippen LogP contribution in [0.15, 0.2) is 67.1 Å². The number of nitrogens with one attached hydrogen (secondary N) is 2. The first-order chi connectivity index (χ1) is 15.7. The quantitative estimate of drug-likeness (QED) is 0.449. The molecule has 7 heteroatoms. The molecule has 1 aliphatic rings. The maximum Gasteiger partial charge on any atom is 0.251 e. The molecule has 0 atom stereocenters. The highest BCUT2D eigenvalue weighted by Crippen LogP contribution is 2.31. The van der Waals surface area contributed by atoms with Crippen molar-refractivity contribution in [2.45, 2.75) is 38.1 Å². The summed E-state index contributed by atoms with van der Waals surface area (Å²) in [7, 11) is 0. The van der Waals surface area contributed by atoms with Crippen molar-refractivity contribution < 1.29 is 9.18 Å². The number of carbonyl (C=O) groups is 1. The molecule has 4 aromatic rings. The van der Waals surface area contributed by atoms with Gasteiger partial charge in [-0.25, -0.2) is 9.37 Å². The minimum absolute atomic E-state index is 0.0540. The number of hydrogen-bond donors (Lipinski definition) is 2. The molecule has 2 N–H and O–H groups in total. The molecule has 5 rings (SSSR count). The van der Waals surface area contributed by atoms with Crippen LogP contribution in [-0.4, -0.2) is 26.3 Å². The van der Waals surface area contributed by atoms with Gasteiger partial charge in [-0.1, -0.05) is 25.3 Å². The van der Waals surface area contributed by atoms with E-state index in [2.05, 4.69) is 20.6 Å². The number of imidazole rings is 1. The first-order valence-corrected chi connectivity index (χ1v) is 10.9. The Hall–Kier alpha value is -3.74. The Morgan fingerprint density at radius 2 is 1.88 bits per heavy atom. The van der Waals surface area contributed by atoms with Crippen molar-refractivity contribution in [1.82, 2.24) is 19.7 Å². The lowest BCUT2D eigenvalue weighted by Crippen LogP contribution is -2.36. The van der Waals surface area contributed by atoms with Gasteiger partial charge in [0.1, 0.15) is 17.3 Å². The zero-order chi connectivity index (χ0) is 21.9. The average molecular weight is 429 g/mol. The molecule has 1 amide bonds. The van der Waals surface area contributed by atoms with Gasteiger partial charge in [-0.2, -0.15) is 0 Å². The van der Waals surface area contributed by atoms with E-state index in [1.165, 1.54) is 31.4 Å². The van der Waals surface area contributed by atoms with E-state index >= 15 is 0 Å². The molecule has 162 valence electrons. The van der Waals surface area contributed by atoms with Gasteiger partial charge >= 0.3 is 0 Å². The lowest BCUT2D eigenvalue weighted by atomic mass is 9.95. The molecule has 0 radical (unpaired) electrons. The molecule has 0 saturated heterocycles. The van der Waals surface area contributed by atoms with Gasteiger partial charge in [0.2, 0.25) is 0 Å². The van der Waals surface area contributed by atoms with Crippen molar-refractivity contribution in [3.05, 3.63) is 78.5 Å². The fourth-order valence-electron chi connectivity index (χ4n) is 4.23. The number of benzene rings is 2. The van der Waals surface area contributed by atoms with E-state index in [1.54, 1.807) is 24.5 Å². The zero-order valence-corrected chi connectivity index (χ0v) is 17.6. The molecule has 2 aromatic heterocycles. The zero-order valence-electron chi connectivity index (χ0n) is 17.6. The normalized spacial score (nSPS) is 14.4. The summed E-state index contributed by atoms with van der Waals surface area (Å²) in [4.78, 5) is 21.6. The Kier molecular flexibility index (Phi) is 5.54. The van der Waals surface area contributed by atoms with Crippen molar-refractivity contribution in [3.63, 3.8) is 0 Å². The molecule has 1 saturated carbocycles.